The monoisotopic (exact) mass is 415 g/mol. The molecular weight excluding hydrogens is 390 g/mol. The lowest BCUT2D eigenvalue weighted by Gasteiger charge is -2.27. The summed E-state index contributed by atoms with van der Waals surface area (Å²) in [6, 6.07) is 15.9. The fourth-order valence-electron chi connectivity index (χ4n) is 4.14. The van der Waals surface area contributed by atoms with E-state index in [1.165, 1.54) is 0 Å². The standard InChI is InChI=1S/C25H25N3O3/c1-30-24-5-3-2-4-20(24)22-15-27-25-21(22)13-18(14-26-25)17-6-7-23(29)19(12-17)16-28-8-10-31-11-9-28/h2-7,12-15,29H,8-11,16H2,1H3,(H,26,27). The molecule has 4 aromatic rings. The number of aromatic amines is 1. The fraction of sp³-hybridized carbons (Fsp3) is 0.240. The van der Waals surface area contributed by atoms with E-state index >= 15 is 0 Å². The Bertz CT molecular complexity index is 1210. The van der Waals surface area contributed by atoms with E-state index in [4.69, 9.17) is 9.47 Å². The molecule has 1 aliphatic rings. The Kier molecular flexibility index (Phi) is 5.32. The summed E-state index contributed by atoms with van der Waals surface area (Å²) in [5.41, 5.74) is 5.85. The Morgan fingerprint density at radius 3 is 2.74 bits per heavy atom. The van der Waals surface area contributed by atoms with E-state index in [0.29, 0.717) is 12.3 Å². The number of ether oxygens (including phenoxy) is 2. The minimum Gasteiger partial charge on any atom is -0.508 e. The molecule has 2 aromatic carbocycles. The van der Waals surface area contributed by atoms with Gasteiger partial charge >= 0.3 is 0 Å². The van der Waals surface area contributed by atoms with E-state index in [0.717, 1.165) is 70.9 Å². The summed E-state index contributed by atoms with van der Waals surface area (Å²) in [4.78, 5) is 10.2. The summed E-state index contributed by atoms with van der Waals surface area (Å²) >= 11 is 0. The predicted molar refractivity (Wildman–Crippen MR) is 121 cm³/mol. The molecule has 0 saturated carbocycles. The highest BCUT2D eigenvalue weighted by atomic mass is 16.5. The smallest absolute Gasteiger partial charge is 0.137 e. The Hall–Kier alpha value is -3.35. The van der Waals surface area contributed by atoms with Gasteiger partial charge in [-0.15, -0.1) is 0 Å². The maximum atomic E-state index is 10.4. The van der Waals surface area contributed by atoms with Crippen molar-refractivity contribution < 1.29 is 14.6 Å². The Morgan fingerprint density at radius 1 is 1.06 bits per heavy atom. The summed E-state index contributed by atoms with van der Waals surface area (Å²) in [7, 11) is 1.68. The highest BCUT2D eigenvalue weighted by Gasteiger charge is 2.15. The number of phenols is 1. The van der Waals surface area contributed by atoms with Crippen molar-refractivity contribution >= 4 is 11.0 Å². The van der Waals surface area contributed by atoms with Gasteiger partial charge < -0.3 is 19.6 Å². The van der Waals surface area contributed by atoms with E-state index in [-0.39, 0.29) is 0 Å². The molecule has 6 heteroatoms. The number of nitrogens with zero attached hydrogens (tertiary/aromatic N) is 2. The van der Waals surface area contributed by atoms with Crippen LogP contribution in [-0.2, 0) is 11.3 Å². The lowest BCUT2D eigenvalue weighted by Crippen LogP contribution is -2.35. The van der Waals surface area contributed by atoms with Gasteiger partial charge in [-0.05, 0) is 29.8 Å². The molecule has 0 aliphatic carbocycles. The van der Waals surface area contributed by atoms with Crippen LogP contribution < -0.4 is 4.74 Å². The molecule has 0 atom stereocenters. The molecule has 3 heterocycles. The van der Waals surface area contributed by atoms with Gasteiger partial charge in [0.15, 0.2) is 0 Å². The van der Waals surface area contributed by atoms with Gasteiger partial charge in [0.1, 0.15) is 17.1 Å². The van der Waals surface area contributed by atoms with Crippen molar-refractivity contribution in [3.8, 4) is 33.8 Å². The zero-order valence-corrected chi connectivity index (χ0v) is 17.5. The maximum absolute atomic E-state index is 10.4. The van der Waals surface area contributed by atoms with Crippen molar-refractivity contribution in [2.24, 2.45) is 0 Å². The molecule has 31 heavy (non-hydrogen) atoms. The molecule has 6 nitrogen and oxygen atoms in total. The number of pyridine rings is 1. The van der Waals surface area contributed by atoms with Gasteiger partial charge in [-0.3, -0.25) is 4.90 Å². The van der Waals surface area contributed by atoms with Crippen LogP contribution in [0.25, 0.3) is 33.3 Å². The molecule has 0 unspecified atom stereocenters. The third kappa shape index (κ3) is 3.87. The number of para-hydroxylation sites is 1. The average molecular weight is 415 g/mol. The lowest BCUT2D eigenvalue weighted by molar-refractivity contribution is 0.0339. The molecule has 1 saturated heterocycles. The summed E-state index contributed by atoms with van der Waals surface area (Å²) in [6.07, 6.45) is 3.84. The van der Waals surface area contributed by atoms with Crippen LogP contribution in [0.1, 0.15) is 5.56 Å². The third-order valence-corrected chi connectivity index (χ3v) is 5.84. The molecule has 158 valence electrons. The highest BCUT2D eigenvalue weighted by Crippen LogP contribution is 2.36. The number of aromatic hydroxyl groups is 1. The summed E-state index contributed by atoms with van der Waals surface area (Å²) < 4.78 is 11.0. The first kappa shape index (κ1) is 19.6. The minimum atomic E-state index is 0.320. The Balaban J connectivity index is 1.53. The first-order valence-electron chi connectivity index (χ1n) is 10.5. The number of fused-ring (bicyclic) bond motifs is 1. The molecule has 0 amide bonds. The number of methoxy groups -OCH3 is 1. The molecule has 1 aliphatic heterocycles. The van der Waals surface area contributed by atoms with Crippen LogP contribution in [0.4, 0.5) is 0 Å². The number of morpholine rings is 1. The van der Waals surface area contributed by atoms with Crippen molar-refractivity contribution in [3.63, 3.8) is 0 Å². The number of benzene rings is 2. The molecule has 2 aromatic heterocycles. The summed E-state index contributed by atoms with van der Waals surface area (Å²) in [6.45, 7) is 3.93. The number of H-pyrrole nitrogens is 1. The molecule has 0 spiro atoms. The zero-order valence-electron chi connectivity index (χ0n) is 17.5. The van der Waals surface area contributed by atoms with E-state index in [2.05, 4.69) is 33.1 Å². The highest BCUT2D eigenvalue weighted by molar-refractivity contribution is 5.97. The zero-order chi connectivity index (χ0) is 21.2. The molecule has 0 bridgehead atoms. The van der Waals surface area contributed by atoms with Gasteiger partial charge in [-0.2, -0.15) is 0 Å². The van der Waals surface area contributed by atoms with Crippen LogP contribution in [0.15, 0.2) is 60.9 Å². The largest absolute Gasteiger partial charge is 0.508 e. The van der Waals surface area contributed by atoms with E-state index < -0.39 is 0 Å². The molecule has 0 radical (unpaired) electrons. The number of aromatic nitrogens is 2. The topological polar surface area (TPSA) is 70.6 Å². The van der Waals surface area contributed by atoms with Crippen molar-refractivity contribution in [2.75, 3.05) is 33.4 Å². The van der Waals surface area contributed by atoms with Crippen molar-refractivity contribution in [3.05, 3.63) is 66.5 Å². The van der Waals surface area contributed by atoms with Gasteiger partial charge in [0.2, 0.25) is 0 Å². The van der Waals surface area contributed by atoms with E-state index in [1.54, 1.807) is 13.2 Å². The number of nitrogens with one attached hydrogen (secondary N) is 1. The maximum Gasteiger partial charge on any atom is 0.137 e. The first-order chi connectivity index (χ1) is 15.2. The normalized spacial score (nSPS) is 14.7. The Morgan fingerprint density at radius 2 is 1.90 bits per heavy atom. The fourth-order valence-corrected chi connectivity index (χ4v) is 4.14. The van der Waals surface area contributed by atoms with Crippen molar-refractivity contribution in [2.45, 2.75) is 6.54 Å². The summed E-state index contributed by atoms with van der Waals surface area (Å²) in [5.74, 6) is 1.15. The van der Waals surface area contributed by atoms with Crippen LogP contribution >= 0.6 is 0 Å². The van der Waals surface area contributed by atoms with Crippen LogP contribution in [-0.4, -0.2) is 53.4 Å². The molecule has 5 rings (SSSR count). The average Bonchev–Trinajstić information content (AvgIpc) is 3.24. The minimum absolute atomic E-state index is 0.320. The third-order valence-electron chi connectivity index (χ3n) is 5.84. The summed E-state index contributed by atoms with van der Waals surface area (Å²) in [5, 5.41) is 11.4. The number of rotatable bonds is 5. The van der Waals surface area contributed by atoms with Gasteiger partial charge in [-0.25, -0.2) is 4.98 Å². The van der Waals surface area contributed by atoms with Crippen LogP contribution in [0.3, 0.4) is 0 Å². The molecule has 2 N–H and O–H groups in total. The van der Waals surface area contributed by atoms with Gasteiger partial charge in [0, 0.05) is 59.7 Å². The van der Waals surface area contributed by atoms with Gasteiger partial charge in [0.05, 0.1) is 20.3 Å². The van der Waals surface area contributed by atoms with E-state index in [1.807, 2.05) is 36.7 Å². The second-order valence-corrected chi connectivity index (χ2v) is 7.75. The van der Waals surface area contributed by atoms with Gasteiger partial charge in [-0.1, -0.05) is 24.3 Å². The second kappa shape index (κ2) is 8.41. The first-order valence-corrected chi connectivity index (χ1v) is 10.5. The molecular formula is C25H25N3O3. The number of hydrogen-bond acceptors (Lipinski definition) is 5. The second-order valence-electron chi connectivity index (χ2n) is 7.75. The van der Waals surface area contributed by atoms with Crippen LogP contribution in [0.5, 0.6) is 11.5 Å². The van der Waals surface area contributed by atoms with Crippen LogP contribution in [0.2, 0.25) is 0 Å². The SMILES string of the molecule is COc1ccccc1-c1c[nH]c2ncc(-c3ccc(O)c(CN4CCOCC4)c3)cc12. The quantitative estimate of drug-likeness (QED) is 0.504. The van der Waals surface area contributed by atoms with Crippen LogP contribution in [0, 0.1) is 0 Å². The van der Waals surface area contributed by atoms with Crippen molar-refractivity contribution in [1.82, 2.24) is 14.9 Å². The predicted octanol–water partition coefficient (Wildman–Crippen LogP) is 4.44. The van der Waals surface area contributed by atoms with Crippen molar-refractivity contribution in [1.29, 1.82) is 0 Å². The number of hydrogen-bond donors (Lipinski definition) is 2. The number of phenolic OH excluding ortho intramolecular Hbond substituents is 1. The molecule has 1 fully saturated rings. The van der Waals surface area contributed by atoms with E-state index in [9.17, 15) is 5.11 Å². The van der Waals surface area contributed by atoms with Gasteiger partial charge in [0.25, 0.3) is 0 Å². The lowest BCUT2D eigenvalue weighted by atomic mass is 10.00. The Labute approximate surface area is 181 Å².